The normalized spacial score (nSPS) is 17.9. The van der Waals surface area contributed by atoms with E-state index in [2.05, 4.69) is 5.32 Å². The van der Waals surface area contributed by atoms with Crippen LogP contribution in [-0.4, -0.2) is 41.1 Å². The number of furan rings is 1. The third kappa shape index (κ3) is 4.00. The van der Waals surface area contributed by atoms with Crippen molar-refractivity contribution in [1.82, 2.24) is 10.2 Å². The Morgan fingerprint density at radius 1 is 1.48 bits per heavy atom. The maximum Gasteiger partial charge on any atom is 0.317 e. The van der Waals surface area contributed by atoms with Gasteiger partial charge >= 0.3 is 12.0 Å². The Morgan fingerprint density at radius 2 is 2.19 bits per heavy atom. The fourth-order valence-corrected chi connectivity index (χ4v) is 2.38. The first-order valence-corrected chi connectivity index (χ1v) is 7.28. The highest BCUT2D eigenvalue weighted by atomic mass is 16.4. The molecule has 2 rings (SSSR count). The number of carboxylic acids is 1. The number of carboxylic acid groups (broad SMARTS) is 1. The molecule has 21 heavy (non-hydrogen) atoms. The standard InChI is InChI=1S/C15H22N2O4/c1-10(5-6-13-4-3-7-21-13)16-15(20)17-8-12(9-17)11(2)14(18)19/h3-4,7,10-12H,5-6,8-9H2,1-2H3,(H,16,20)(H,18,19). The first-order chi connectivity index (χ1) is 9.97. The van der Waals surface area contributed by atoms with Gasteiger partial charge in [-0.2, -0.15) is 0 Å². The summed E-state index contributed by atoms with van der Waals surface area (Å²) < 4.78 is 5.25. The summed E-state index contributed by atoms with van der Waals surface area (Å²) in [5.74, 6) is -0.223. The van der Waals surface area contributed by atoms with Crippen LogP contribution in [0.4, 0.5) is 4.79 Å². The number of urea groups is 1. The van der Waals surface area contributed by atoms with Crippen molar-refractivity contribution in [3.8, 4) is 0 Å². The molecule has 0 bridgehead atoms. The Balaban J connectivity index is 1.67. The van der Waals surface area contributed by atoms with Crippen LogP contribution >= 0.6 is 0 Å². The largest absolute Gasteiger partial charge is 0.481 e. The Hall–Kier alpha value is -1.98. The molecule has 1 aromatic rings. The highest BCUT2D eigenvalue weighted by molar-refractivity contribution is 5.76. The second-order valence-corrected chi connectivity index (χ2v) is 5.76. The average Bonchev–Trinajstić information content (AvgIpc) is 2.87. The van der Waals surface area contributed by atoms with Crippen LogP contribution in [0.2, 0.25) is 0 Å². The summed E-state index contributed by atoms with van der Waals surface area (Å²) >= 11 is 0. The van der Waals surface area contributed by atoms with Crippen molar-refractivity contribution in [3.63, 3.8) is 0 Å². The molecule has 0 aliphatic carbocycles. The van der Waals surface area contributed by atoms with Gasteiger partial charge in [-0.25, -0.2) is 4.79 Å². The molecule has 1 aliphatic heterocycles. The van der Waals surface area contributed by atoms with Gasteiger partial charge in [0.25, 0.3) is 0 Å². The molecular formula is C15H22N2O4. The maximum absolute atomic E-state index is 12.0. The summed E-state index contributed by atoms with van der Waals surface area (Å²) in [7, 11) is 0. The van der Waals surface area contributed by atoms with Crippen LogP contribution in [0.15, 0.2) is 22.8 Å². The fraction of sp³-hybridized carbons (Fsp3) is 0.600. The zero-order chi connectivity index (χ0) is 15.4. The molecule has 0 aromatic carbocycles. The van der Waals surface area contributed by atoms with Crippen LogP contribution in [0.5, 0.6) is 0 Å². The molecule has 1 fully saturated rings. The second-order valence-electron chi connectivity index (χ2n) is 5.76. The van der Waals surface area contributed by atoms with E-state index in [4.69, 9.17) is 9.52 Å². The van der Waals surface area contributed by atoms with E-state index >= 15 is 0 Å². The summed E-state index contributed by atoms with van der Waals surface area (Å²) in [5.41, 5.74) is 0. The van der Waals surface area contributed by atoms with Crippen molar-refractivity contribution in [1.29, 1.82) is 0 Å². The molecule has 0 spiro atoms. The minimum absolute atomic E-state index is 0.0542. The number of nitrogens with zero attached hydrogens (tertiary/aromatic N) is 1. The average molecular weight is 294 g/mol. The highest BCUT2D eigenvalue weighted by Crippen LogP contribution is 2.24. The van der Waals surface area contributed by atoms with Gasteiger partial charge in [-0.1, -0.05) is 6.92 Å². The van der Waals surface area contributed by atoms with E-state index in [0.29, 0.717) is 13.1 Å². The van der Waals surface area contributed by atoms with Crippen LogP contribution in [0.25, 0.3) is 0 Å². The quantitative estimate of drug-likeness (QED) is 0.840. The lowest BCUT2D eigenvalue weighted by Crippen LogP contribution is -2.57. The fourth-order valence-electron chi connectivity index (χ4n) is 2.38. The molecule has 2 heterocycles. The molecule has 2 amide bonds. The second kappa shape index (κ2) is 6.65. The summed E-state index contributed by atoms with van der Waals surface area (Å²) in [6.07, 6.45) is 3.23. The van der Waals surface area contributed by atoms with Crippen LogP contribution in [0.1, 0.15) is 26.0 Å². The van der Waals surface area contributed by atoms with Gasteiger partial charge in [0.15, 0.2) is 0 Å². The van der Waals surface area contributed by atoms with Crippen molar-refractivity contribution in [2.45, 2.75) is 32.7 Å². The third-order valence-corrected chi connectivity index (χ3v) is 4.07. The lowest BCUT2D eigenvalue weighted by molar-refractivity contribution is -0.144. The number of nitrogens with one attached hydrogen (secondary N) is 1. The molecule has 2 N–H and O–H groups in total. The van der Waals surface area contributed by atoms with Crippen LogP contribution in [0, 0.1) is 11.8 Å². The van der Waals surface area contributed by atoms with Crippen molar-refractivity contribution >= 4 is 12.0 Å². The Labute approximate surface area is 124 Å². The minimum Gasteiger partial charge on any atom is -0.481 e. The van der Waals surface area contributed by atoms with Crippen molar-refractivity contribution in [2.75, 3.05) is 13.1 Å². The Bertz CT molecular complexity index is 480. The van der Waals surface area contributed by atoms with E-state index in [9.17, 15) is 9.59 Å². The first-order valence-electron chi connectivity index (χ1n) is 7.28. The van der Waals surface area contributed by atoms with Crippen LogP contribution in [0.3, 0.4) is 0 Å². The van der Waals surface area contributed by atoms with E-state index in [-0.39, 0.29) is 18.0 Å². The number of hydrogen-bond donors (Lipinski definition) is 2. The Kier molecular flexibility index (Phi) is 4.88. The maximum atomic E-state index is 12.0. The number of carbonyl (C=O) groups is 2. The number of hydrogen-bond acceptors (Lipinski definition) is 3. The van der Waals surface area contributed by atoms with E-state index in [1.54, 1.807) is 18.1 Å². The molecule has 1 saturated heterocycles. The van der Waals surface area contributed by atoms with Gasteiger partial charge in [0.2, 0.25) is 0 Å². The van der Waals surface area contributed by atoms with Crippen LogP contribution in [-0.2, 0) is 11.2 Å². The predicted molar refractivity (Wildman–Crippen MR) is 76.9 cm³/mol. The van der Waals surface area contributed by atoms with Gasteiger partial charge in [0.05, 0.1) is 12.2 Å². The molecule has 116 valence electrons. The molecule has 0 saturated carbocycles. The molecule has 6 nitrogen and oxygen atoms in total. The van der Waals surface area contributed by atoms with E-state index < -0.39 is 11.9 Å². The van der Waals surface area contributed by atoms with E-state index in [0.717, 1.165) is 18.6 Å². The Morgan fingerprint density at radius 3 is 2.76 bits per heavy atom. The summed E-state index contributed by atoms with van der Waals surface area (Å²) in [6, 6.07) is 3.71. The topological polar surface area (TPSA) is 82.8 Å². The molecule has 0 radical (unpaired) electrons. The number of amides is 2. The molecule has 2 unspecified atom stereocenters. The molecule has 2 atom stereocenters. The van der Waals surface area contributed by atoms with Gasteiger partial charge in [0, 0.05) is 31.5 Å². The van der Waals surface area contributed by atoms with Crippen molar-refractivity contribution < 1.29 is 19.1 Å². The molecule has 1 aliphatic rings. The molecule has 1 aromatic heterocycles. The lowest BCUT2D eigenvalue weighted by Gasteiger charge is -2.41. The first kappa shape index (κ1) is 15.4. The zero-order valence-electron chi connectivity index (χ0n) is 12.4. The number of aliphatic carboxylic acids is 1. The van der Waals surface area contributed by atoms with Gasteiger partial charge in [-0.15, -0.1) is 0 Å². The van der Waals surface area contributed by atoms with Gasteiger partial charge in [-0.05, 0) is 25.5 Å². The van der Waals surface area contributed by atoms with Gasteiger partial charge in [0.1, 0.15) is 5.76 Å². The summed E-state index contributed by atoms with van der Waals surface area (Å²) in [4.78, 5) is 24.5. The zero-order valence-corrected chi connectivity index (χ0v) is 12.4. The SMILES string of the molecule is CC(CCc1ccco1)NC(=O)N1CC(C(C)C(=O)O)C1. The van der Waals surface area contributed by atoms with E-state index in [1.165, 1.54) is 0 Å². The number of rotatable bonds is 6. The smallest absolute Gasteiger partial charge is 0.317 e. The molecule has 6 heteroatoms. The van der Waals surface area contributed by atoms with E-state index in [1.807, 2.05) is 19.1 Å². The van der Waals surface area contributed by atoms with Gasteiger partial charge < -0.3 is 19.7 Å². The van der Waals surface area contributed by atoms with Crippen molar-refractivity contribution in [2.24, 2.45) is 11.8 Å². The number of likely N-dealkylation sites (tertiary alicyclic amines) is 1. The predicted octanol–water partition coefficient (Wildman–Crippen LogP) is 1.96. The highest BCUT2D eigenvalue weighted by Gasteiger charge is 2.37. The number of aryl methyl sites for hydroxylation is 1. The lowest BCUT2D eigenvalue weighted by atomic mass is 9.87. The van der Waals surface area contributed by atoms with Crippen LogP contribution < -0.4 is 5.32 Å². The third-order valence-electron chi connectivity index (χ3n) is 4.07. The summed E-state index contributed by atoms with van der Waals surface area (Å²) in [6.45, 7) is 4.68. The molecular weight excluding hydrogens is 272 g/mol. The summed E-state index contributed by atoms with van der Waals surface area (Å²) in [5, 5.41) is 11.9. The van der Waals surface area contributed by atoms with Gasteiger partial charge in [-0.3, -0.25) is 4.79 Å². The minimum atomic E-state index is -0.799. The monoisotopic (exact) mass is 294 g/mol. The number of carbonyl (C=O) groups excluding carboxylic acids is 1. The van der Waals surface area contributed by atoms with Crippen molar-refractivity contribution in [3.05, 3.63) is 24.2 Å².